The van der Waals surface area contributed by atoms with E-state index in [1.165, 1.54) is 0 Å². The average Bonchev–Trinajstić information content (AvgIpc) is 2.73. The summed E-state index contributed by atoms with van der Waals surface area (Å²) in [6.07, 6.45) is 0. The van der Waals surface area contributed by atoms with Crippen molar-refractivity contribution in [1.29, 1.82) is 0 Å². The van der Waals surface area contributed by atoms with E-state index < -0.39 is 54.0 Å². The van der Waals surface area contributed by atoms with E-state index in [0.29, 0.717) is 12.1 Å². The average molecular weight is 426 g/mol. The van der Waals surface area contributed by atoms with Gasteiger partial charge in [0, 0.05) is 12.1 Å². The third-order valence-electron chi connectivity index (χ3n) is 3.79. The summed E-state index contributed by atoms with van der Waals surface area (Å²) in [6, 6.07) is 5.40. The van der Waals surface area contributed by atoms with Crippen LogP contribution in [0, 0.1) is 40.5 Å². The molecule has 0 bridgehead atoms. The molecular weight excluding hydrogens is 416 g/mol. The van der Waals surface area contributed by atoms with E-state index in [1.807, 2.05) is 0 Å². The first-order chi connectivity index (χ1) is 14.6. The van der Waals surface area contributed by atoms with Crippen molar-refractivity contribution >= 4 is 34.3 Å². The highest BCUT2D eigenvalue weighted by molar-refractivity contribution is 5.77. The van der Waals surface area contributed by atoms with Gasteiger partial charge in [0.05, 0.1) is 31.8 Å². The maximum absolute atomic E-state index is 11.4. The van der Waals surface area contributed by atoms with E-state index in [0.717, 1.165) is 24.3 Å². The fraction of sp³-hybridized carbons (Fsp3) is 0. The van der Waals surface area contributed by atoms with Crippen LogP contribution in [0.5, 0.6) is 0 Å². The van der Waals surface area contributed by atoms with Crippen molar-refractivity contribution in [3.63, 3.8) is 0 Å². The molecule has 0 saturated heterocycles. The zero-order valence-corrected chi connectivity index (χ0v) is 15.3. The van der Waals surface area contributed by atoms with Crippen LogP contribution in [-0.2, 0) is 4.74 Å². The number of nitro benzene ring substituents is 4. The number of nitrogens with zero attached hydrogens (tertiary/aromatic N) is 4. The zero-order valence-electron chi connectivity index (χ0n) is 15.3. The van der Waals surface area contributed by atoms with Crippen LogP contribution >= 0.6 is 0 Å². The highest BCUT2D eigenvalue weighted by Gasteiger charge is 2.27. The minimum Gasteiger partial charge on any atom is -0.439 e. The predicted molar refractivity (Wildman–Crippen MR) is 106 cm³/mol. The van der Waals surface area contributed by atoms with Gasteiger partial charge in [-0.2, -0.15) is 0 Å². The smallest absolute Gasteiger partial charge is 0.287 e. The minimum absolute atomic E-state index is 0.261. The van der Waals surface area contributed by atoms with Gasteiger partial charge in [0.2, 0.25) is 0 Å². The Morgan fingerprint density at radius 2 is 1.03 bits per heavy atom. The topological polar surface area (TPSA) is 182 Å². The molecule has 0 aliphatic heterocycles. The van der Waals surface area contributed by atoms with Crippen molar-refractivity contribution in [2.45, 2.75) is 0 Å². The van der Waals surface area contributed by atoms with E-state index in [1.54, 1.807) is 0 Å². The zero-order chi connectivity index (χ0) is 23.3. The lowest BCUT2D eigenvalue weighted by Gasteiger charge is -2.11. The van der Waals surface area contributed by atoms with Crippen LogP contribution in [0.15, 0.2) is 61.0 Å². The summed E-state index contributed by atoms with van der Waals surface area (Å²) in [5, 5.41) is 44.5. The van der Waals surface area contributed by atoms with Crippen LogP contribution in [0.3, 0.4) is 0 Å². The molecule has 0 saturated carbocycles. The summed E-state index contributed by atoms with van der Waals surface area (Å²) < 4.78 is 5.44. The second kappa shape index (κ2) is 8.92. The molecule has 0 fully saturated rings. The largest absolute Gasteiger partial charge is 0.439 e. The van der Waals surface area contributed by atoms with Crippen molar-refractivity contribution < 1.29 is 24.4 Å². The monoisotopic (exact) mass is 426 g/mol. The molecule has 0 heterocycles. The Kier molecular flexibility index (Phi) is 6.38. The van der Waals surface area contributed by atoms with Crippen molar-refractivity contribution in [3.8, 4) is 0 Å². The Balaban J connectivity index is 2.59. The Bertz CT molecular complexity index is 1140. The SMILES string of the molecule is C=C=C(OC(=C=C)c1ccc([N+](=O)[O-])cc1[N+](=O)[O-])c1ccc([N+](=O)[O-])cc1[N+](=O)[O-]. The van der Waals surface area contributed by atoms with Gasteiger partial charge in [0.25, 0.3) is 22.7 Å². The Labute approximate surface area is 172 Å². The number of hydrogen-bond acceptors (Lipinski definition) is 9. The number of non-ortho nitro benzene ring substituents is 2. The first-order valence-electron chi connectivity index (χ1n) is 7.95. The van der Waals surface area contributed by atoms with E-state index in [4.69, 9.17) is 4.74 Å². The normalized spacial score (nSPS) is 9.68. The fourth-order valence-corrected chi connectivity index (χ4v) is 2.43. The second-order valence-electron chi connectivity index (χ2n) is 5.55. The lowest BCUT2D eigenvalue weighted by atomic mass is 10.1. The van der Waals surface area contributed by atoms with Gasteiger partial charge in [-0.3, -0.25) is 40.5 Å². The molecule has 0 aromatic heterocycles. The van der Waals surface area contributed by atoms with E-state index in [2.05, 4.69) is 24.6 Å². The van der Waals surface area contributed by atoms with Gasteiger partial charge >= 0.3 is 0 Å². The molecule has 0 N–H and O–H groups in total. The standard InChI is InChI=1S/C18H10N4O9/c1-3-17(13-7-5-11(19(23)24)9-15(13)21(27)28)31-18(4-2)14-8-6-12(20(25)26)10-16(14)22(29)30/h5-10H,1-2H2. The first kappa shape index (κ1) is 22.2. The molecule has 2 aromatic carbocycles. The molecule has 2 rings (SSSR count). The molecule has 13 nitrogen and oxygen atoms in total. The Morgan fingerprint density at radius 1 is 0.677 bits per heavy atom. The summed E-state index contributed by atoms with van der Waals surface area (Å²) in [4.78, 5) is 41.1. The fourth-order valence-electron chi connectivity index (χ4n) is 2.43. The molecule has 0 aliphatic rings. The van der Waals surface area contributed by atoms with Crippen LogP contribution in [0.1, 0.15) is 11.1 Å². The lowest BCUT2D eigenvalue weighted by Crippen LogP contribution is -2.01. The maximum atomic E-state index is 11.4. The van der Waals surface area contributed by atoms with Gasteiger partial charge in [-0.1, -0.05) is 24.6 Å². The van der Waals surface area contributed by atoms with E-state index in [-0.39, 0.29) is 11.1 Å². The second-order valence-corrected chi connectivity index (χ2v) is 5.55. The van der Waals surface area contributed by atoms with Crippen molar-refractivity contribution in [3.05, 3.63) is 113 Å². The first-order valence-corrected chi connectivity index (χ1v) is 7.95. The maximum Gasteiger partial charge on any atom is 0.287 e. The molecule has 0 unspecified atom stereocenters. The highest BCUT2D eigenvalue weighted by atomic mass is 16.6. The number of benzene rings is 2. The third-order valence-corrected chi connectivity index (χ3v) is 3.79. The van der Waals surface area contributed by atoms with Crippen molar-refractivity contribution in [2.24, 2.45) is 0 Å². The molecule has 0 amide bonds. The summed E-state index contributed by atoms with van der Waals surface area (Å²) in [5.41, 5.74) is 1.52. The van der Waals surface area contributed by atoms with Gasteiger partial charge < -0.3 is 4.74 Å². The molecule has 2 aromatic rings. The number of ether oxygens (including phenoxy) is 1. The van der Waals surface area contributed by atoms with Crippen molar-refractivity contribution in [2.75, 3.05) is 0 Å². The van der Waals surface area contributed by atoms with Gasteiger partial charge in [-0.05, 0) is 12.1 Å². The molecule has 0 spiro atoms. The molecule has 13 heteroatoms. The minimum atomic E-state index is -0.894. The predicted octanol–water partition coefficient (Wildman–Crippen LogP) is 4.29. The highest BCUT2D eigenvalue weighted by Crippen LogP contribution is 2.36. The summed E-state index contributed by atoms with van der Waals surface area (Å²) in [5.74, 6) is -0.805. The van der Waals surface area contributed by atoms with Gasteiger partial charge in [0.15, 0.2) is 11.5 Å². The quantitative estimate of drug-likeness (QED) is 0.257. The van der Waals surface area contributed by atoms with Crippen LogP contribution < -0.4 is 0 Å². The van der Waals surface area contributed by atoms with Crippen LogP contribution in [0.25, 0.3) is 11.5 Å². The van der Waals surface area contributed by atoms with Crippen LogP contribution in [0.4, 0.5) is 22.7 Å². The molecule has 0 radical (unpaired) electrons. The third kappa shape index (κ3) is 4.66. The van der Waals surface area contributed by atoms with Crippen molar-refractivity contribution in [1.82, 2.24) is 0 Å². The van der Waals surface area contributed by atoms with Gasteiger partial charge in [-0.15, -0.1) is 0 Å². The van der Waals surface area contributed by atoms with Crippen LogP contribution in [0.2, 0.25) is 0 Å². The van der Waals surface area contributed by atoms with Crippen LogP contribution in [-0.4, -0.2) is 19.7 Å². The lowest BCUT2D eigenvalue weighted by molar-refractivity contribution is -0.394. The molecule has 31 heavy (non-hydrogen) atoms. The summed E-state index contributed by atoms with van der Waals surface area (Å²) >= 11 is 0. The molecule has 0 atom stereocenters. The van der Waals surface area contributed by atoms with Gasteiger partial charge in [-0.25, -0.2) is 0 Å². The molecule has 156 valence electrons. The van der Waals surface area contributed by atoms with E-state index >= 15 is 0 Å². The Morgan fingerprint density at radius 3 is 1.29 bits per heavy atom. The number of rotatable bonds is 8. The summed E-state index contributed by atoms with van der Waals surface area (Å²) in [7, 11) is 0. The molecular formula is C18H10N4O9. The summed E-state index contributed by atoms with van der Waals surface area (Å²) in [6.45, 7) is 6.69. The van der Waals surface area contributed by atoms with Gasteiger partial charge in [0.1, 0.15) is 11.1 Å². The Hall–Kier alpha value is -5.12. The number of nitro groups is 4. The molecule has 0 aliphatic carbocycles. The number of hydrogen-bond donors (Lipinski definition) is 0. The van der Waals surface area contributed by atoms with E-state index in [9.17, 15) is 40.5 Å².